The van der Waals surface area contributed by atoms with Gasteiger partial charge >= 0.3 is 0 Å². The number of carbonyl (C=O) groups excluding carboxylic acids is 1. The summed E-state index contributed by atoms with van der Waals surface area (Å²) in [7, 11) is 0. The van der Waals surface area contributed by atoms with Gasteiger partial charge in [0.25, 0.3) is 11.5 Å². The number of benzene rings is 2. The van der Waals surface area contributed by atoms with Crippen molar-refractivity contribution in [3.63, 3.8) is 0 Å². The van der Waals surface area contributed by atoms with Gasteiger partial charge in [0.05, 0.1) is 18.9 Å². The Morgan fingerprint density at radius 3 is 2.39 bits per heavy atom. The van der Waals surface area contributed by atoms with Gasteiger partial charge in [-0.3, -0.25) is 9.59 Å². The highest BCUT2D eigenvalue weighted by atomic mass is 16.5. The average molecular weight is 491 g/mol. The fraction of sp³-hybridized carbons (Fsp3) is 0.393. The molecule has 0 spiro atoms. The summed E-state index contributed by atoms with van der Waals surface area (Å²) in [4.78, 5) is 29.9. The van der Waals surface area contributed by atoms with Gasteiger partial charge in [-0.05, 0) is 81.6 Å². The summed E-state index contributed by atoms with van der Waals surface area (Å²) < 4.78 is 12.8. The topological polar surface area (TPSA) is 76.9 Å². The zero-order chi connectivity index (χ0) is 25.7. The van der Waals surface area contributed by atoms with Gasteiger partial charge in [-0.15, -0.1) is 5.10 Å². The van der Waals surface area contributed by atoms with Crippen LogP contribution in [0, 0.1) is 13.8 Å². The highest BCUT2D eigenvalue weighted by Gasteiger charge is 2.23. The predicted molar refractivity (Wildman–Crippen MR) is 141 cm³/mol. The van der Waals surface area contributed by atoms with Gasteiger partial charge in [-0.2, -0.15) is 4.68 Å². The van der Waals surface area contributed by atoms with E-state index in [1.165, 1.54) is 10.2 Å². The Kier molecular flexibility index (Phi) is 7.93. The van der Waals surface area contributed by atoms with Crippen LogP contribution >= 0.6 is 0 Å². The van der Waals surface area contributed by atoms with E-state index in [2.05, 4.69) is 10.00 Å². The Hall–Kier alpha value is -3.81. The molecule has 0 aliphatic carbocycles. The molecule has 4 rings (SSSR count). The lowest BCUT2D eigenvalue weighted by Gasteiger charge is -2.23. The maximum Gasteiger partial charge on any atom is 0.271 e. The number of rotatable bonds is 7. The minimum Gasteiger partial charge on any atom is -0.490 e. The molecule has 0 radical (unpaired) electrons. The number of amides is 1. The van der Waals surface area contributed by atoms with Crippen LogP contribution in [0.2, 0.25) is 0 Å². The molecular formula is C28H34N4O4. The monoisotopic (exact) mass is 490 g/mol. The first-order valence-electron chi connectivity index (χ1n) is 12.5. The molecule has 8 heteroatoms. The van der Waals surface area contributed by atoms with Crippen LogP contribution in [0.15, 0.2) is 53.3 Å². The van der Waals surface area contributed by atoms with Gasteiger partial charge in [0.1, 0.15) is 5.82 Å². The molecule has 3 aromatic rings. The van der Waals surface area contributed by atoms with E-state index < -0.39 is 0 Å². The van der Waals surface area contributed by atoms with Gasteiger partial charge in [0, 0.05) is 37.8 Å². The number of anilines is 1. The SMILES string of the molecule is CCOc1ccc(C(=O)N2CCCN(c3ccc(=O)n(-c4ccc(C)c(C)c4)n3)CC2)cc1OCC. The first-order chi connectivity index (χ1) is 17.4. The van der Waals surface area contributed by atoms with Crippen molar-refractivity contribution in [3.8, 4) is 17.2 Å². The molecule has 0 bridgehead atoms. The summed E-state index contributed by atoms with van der Waals surface area (Å²) in [6, 6.07) is 14.6. The zero-order valence-electron chi connectivity index (χ0n) is 21.5. The van der Waals surface area contributed by atoms with E-state index in [9.17, 15) is 9.59 Å². The molecule has 2 heterocycles. The van der Waals surface area contributed by atoms with Crippen molar-refractivity contribution in [2.45, 2.75) is 34.1 Å². The van der Waals surface area contributed by atoms with Crippen LogP contribution in [0.5, 0.6) is 11.5 Å². The van der Waals surface area contributed by atoms with Crippen molar-refractivity contribution in [1.82, 2.24) is 14.7 Å². The maximum atomic E-state index is 13.3. The summed E-state index contributed by atoms with van der Waals surface area (Å²) in [5.74, 6) is 1.91. The Balaban J connectivity index is 1.50. The lowest BCUT2D eigenvalue weighted by molar-refractivity contribution is 0.0766. The third kappa shape index (κ3) is 5.53. The number of ether oxygens (including phenoxy) is 2. The largest absolute Gasteiger partial charge is 0.490 e. The number of aryl methyl sites for hydroxylation is 2. The van der Waals surface area contributed by atoms with Gasteiger partial charge in [0.15, 0.2) is 11.5 Å². The van der Waals surface area contributed by atoms with E-state index in [-0.39, 0.29) is 11.5 Å². The maximum absolute atomic E-state index is 13.3. The number of aromatic nitrogens is 2. The third-order valence-corrected chi connectivity index (χ3v) is 6.42. The molecule has 0 N–H and O–H groups in total. The van der Waals surface area contributed by atoms with Crippen LogP contribution in [0.1, 0.15) is 41.8 Å². The lowest BCUT2D eigenvalue weighted by atomic mass is 10.1. The van der Waals surface area contributed by atoms with E-state index in [0.717, 1.165) is 30.0 Å². The van der Waals surface area contributed by atoms with Crippen LogP contribution in [0.4, 0.5) is 5.82 Å². The number of carbonyl (C=O) groups is 1. The van der Waals surface area contributed by atoms with Crippen molar-refractivity contribution >= 4 is 11.7 Å². The smallest absolute Gasteiger partial charge is 0.271 e. The first-order valence-corrected chi connectivity index (χ1v) is 12.5. The van der Waals surface area contributed by atoms with E-state index in [1.807, 2.05) is 50.8 Å². The van der Waals surface area contributed by atoms with Crippen LogP contribution < -0.4 is 19.9 Å². The molecule has 1 fully saturated rings. The normalized spacial score (nSPS) is 13.9. The fourth-order valence-electron chi connectivity index (χ4n) is 4.33. The lowest BCUT2D eigenvalue weighted by Crippen LogP contribution is -2.36. The standard InChI is InChI=1S/C28H34N4O4/c1-5-35-24-11-9-22(19-25(24)36-6-2)28(34)31-15-7-14-30(16-17-31)26-12-13-27(33)32(29-26)23-10-8-20(3)21(4)18-23/h8-13,18-19H,5-7,14-17H2,1-4H3. The molecule has 2 aromatic carbocycles. The van der Waals surface area contributed by atoms with Crippen molar-refractivity contribution in [3.05, 3.63) is 75.6 Å². The van der Waals surface area contributed by atoms with Gasteiger partial charge in [-0.25, -0.2) is 0 Å². The minimum atomic E-state index is -0.172. The molecule has 1 amide bonds. The highest BCUT2D eigenvalue weighted by Crippen LogP contribution is 2.29. The Bertz CT molecular complexity index is 1290. The minimum absolute atomic E-state index is 0.0334. The molecule has 1 aliphatic heterocycles. The summed E-state index contributed by atoms with van der Waals surface area (Å²) in [5.41, 5.74) is 3.43. The van der Waals surface area contributed by atoms with Crippen molar-refractivity contribution in [2.75, 3.05) is 44.3 Å². The Morgan fingerprint density at radius 2 is 1.64 bits per heavy atom. The summed E-state index contributed by atoms with van der Waals surface area (Å²) >= 11 is 0. The Labute approximate surface area is 212 Å². The highest BCUT2D eigenvalue weighted by molar-refractivity contribution is 5.95. The molecule has 0 saturated carbocycles. The van der Waals surface area contributed by atoms with Crippen LogP contribution in [-0.2, 0) is 0 Å². The van der Waals surface area contributed by atoms with E-state index in [0.29, 0.717) is 49.9 Å². The zero-order valence-corrected chi connectivity index (χ0v) is 21.5. The summed E-state index contributed by atoms with van der Waals surface area (Å²) in [6.45, 7) is 11.5. The average Bonchev–Trinajstić information content (AvgIpc) is 3.13. The number of hydrogen-bond acceptors (Lipinski definition) is 6. The van der Waals surface area contributed by atoms with Gasteiger partial charge < -0.3 is 19.3 Å². The molecule has 1 aromatic heterocycles. The van der Waals surface area contributed by atoms with E-state index in [4.69, 9.17) is 9.47 Å². The molecule has 190 valence electrons. The van der Waals surface area contributed by atoms with E-state index >= 15 is 0 Å². The van der Waals surface area contributed by atoms with E-state index in [1.54, 1.807) is 30.3 Å². The second-order valence-corrected chi connectivity index (χ2v) is 8.87. The van der Waals surface area contributed by atoms with Gasteiger partial charge in [-0.1, -0.05) is 6.07 Å². The Morgan fingerprint density at radius 1 is 0.861 bits per heavy atom. The molecule has 1 aliphatic rings. The van der Waals surface area contributed by atoms with Crippen molar-refractivity contribution in [2.24, 2.45) is 0 Å². The fourth-order valence-corrected chi connectivity index (χ4v) is 4.33. The molecule has 36 heavy (non-hydrogen) atoms. The van der Waals surface area contributed by atoms with Crippen LogP contribution in [0.25, 0.3) is 5.69 Å². The number of hydrogen-bond donors (Lipinski definition) is 0. The van der Waals surface area contributed by atoms with Gasteiger partial charge in [0.2, 0.25) is 0 Å². The summed E-state index contributed by atoms with van der Waals surface area (Å²) in [6.07, 6.45) is 0.797. The quantitative estimate of drug-likeness (QED) is 0.498. The second kappa shape index (κ2) is 11.3. The molecule has 8 nitrogen and oxygen atoms in total. The van der Waals surface area contributed by atoms with Crippen molar-refractivity contribution < 1.29 is 14.3 Å². The molecule has 0 unspecified atom stereocenters. The first kappa shape index (κ1) is 25.3. The number of nitrogens with zero attached hydrogens (tertiary/aromatic N) is 4. The van der Waals surface area contributed by atoms with Crippen molar-refractivity contribution in [1.29, 1.82) is 0 Å². The molecule has 0 atom stereocenters. The van der Waals surface area contributed by atoms with Crippen LogP contribution in [0.3, 0.4) is 0 Å². The third-order valence-electron chi connectivity index (χ3n) is 6.42. The predicted octanol–water partition coefficient (Wildman–Crippen LogP) is 4.00. The summed E-state index contributed by atoms with van der Waals surface area (Å²) in [5, 5.41) is 4.66. The van der Waals surface area contributed by atoms with Crippen LogP contribution in [-0.4, -0.2) is 60.0 Å². The molecular weight excluding hydrogens is 456 g/mol. The molecule has 1 saturated heterocycles. The second-order valence-electron chi connectivity index (χ2n) is 8.87.